The van der Waals surface area contributed by atoms with E-state index in [1.807, 2.05) is 17.0 Å². The Bertz CT molecular complexity index is 824. The third kappa shape index (κ3) is 3.78. The molecule has 1 saturated heterocycles. The first kappa shape index (κ1) is 18.1. The summed E-state index contributed by atoms with van der Waals surface area (Å²) in [6.07, 6.45) is 1.80. The van der Waals surface area contributed by atoms with Crippen LogP contribution in [0.25, 0.3) is 0 Å². The highest BCUT2D eigenvalue weighted by Gasteiger charge is 2.25. The van der Waals surface area contributed by atoms with Gasteiger partial charge in [0.2, 0.25) is 0 Å². The lowest BCUT2D eigenvalue weighted by atomic mass is 9.88. The van der Waals surface area contributed by atoms with Crippen LogP contribution in [0.15, 0.2) is 42.5 Å². The molecule has 0 bridgehead atoms. The number of phenolic OH excluding ortho intramolecular Hbond substituents is 1. The molecule has 5 heteroatoms. The molecule has 0 unspecified atom stereocenters. The van der Waals surface area contributed by atoms with Crippen molar-refractivity contribution in [2.45, 2.75) is 32.2 Å². The first-order chi connectivity index (χ1) is 12.5. The zero-order valence-electron chi connectivity index (χ0n) is 14.9. The molecule has 1 aliphatic heterocycles. The number of piperidine rings is 1. The zero-order valence-corrected chi connectivity index (χ0v) is 14.9. The summed E-state index contributed by atoms with van der Waals surface area (Å²) in [4.78, 5) is 25.9. The third-order valence-corrected chi connectivity index (χ3v) is 5.06. The average Bonchev–Trinajstić information content (AvgIpc) is 2.67. The molecule has 3 rings (SSSR count). The van der Waals surface area contributed by atoms with Crippen LogP contribution in [0.2, 0.25) is 0 Å². The molecule has 0 spiro atoms. The molecule has 5 nitrogen and oxygen atoms in total. The summed E-state index contributed by atoms with van der Waals surface area (Å²) < 4.78 is 0. The van der Waals surface area contributed by atoms with Crippen LogP contribution < -0.4 is 5.73 Å². The number of rotatable bonds is 4. The molecule has 1 heterocycles. The highest BCUT2D eigenvalue weighted by molar-refractivity contribution is 6.00. The quantitative estimate of drug-likeness (QED) is 0.828. The number of nitrogens with two attached hydrogens (primary N) is 1. The van der Waals surface area contributed by atoms with Crippen LogP contribution in [0.5, 0.6) is 5.75 Å². The number of hydrogen-bond acceptors (Lipinski definition) is 4. The van der Waals surface area contributed by atoms with Gasteiger partial charge in [0, 0.05) is 25.2 Å². The first-order valence-corrected chi connectivity index (χ1v) is 8.91. The van der Waals surface area contributed by atoms with E-state index in [2.05, 4.69) is 12.1 Å². The second-order valence-electron chi connectivity index (χ2n) is 6.80. The second kappa shape index (κ2) is 7.70. The van der Waals surface area contributed by atoms with Gasteiger partial charge in [-0.2, -0.15) is 0 Å². The maximum absolute atomic E-state index is 12.7. The zero-order chi connectivity index (χ0) is 18.7. The number of Topliss-reactive ketones (excluding diaryl/α,β-unsaturated/α-hetero) is 1. The van der Waals surface area contributed by atoms with E-state index in [0.29, 0.717) is 31.1 Å². The molecule has 1 fully saturated rings. The van der Waals surface area contributed by atoms with Crippen molar-refractivity contribution >= 4 is 11.7 Å². The lowest BCUT2D eigenvalue weighted by molar-refractivity contribution is 0.0712. The number of aromatic hydroxyl groups is 1. The summed E-state index contributed by atoms with van der Waals surface area (Å²) >= 11 is 0. The Balaban J connectivity index is 1.66. The van der Waals surface area contributed by atoms with Crippen molar-refractivity contribution in [3.63, 3.8) is 0 Å². The second-order valence-corrected chi connectivity index (χ2v) is 6.80. The number of hydrogen-bond donors (Lipinski definition) is 2. The first-order valence-electron chi connectivity index (χ1n) is 8.91. The Morgan fingerprint density at radius 3 is 2.50 bits per heavy atom. The summed E-state index contributed by atoms with van der Waals surface area (Å²) in [5.41, 5.74) is 8.78. The normalized spacial score (nSPS) is 15.1. The Hall–Kier alpha value is -2.66. The summed E-state index contributed by atoms with van der Waals surface area (Å²) in [6.45, 7) is 3.27. The van der Waals surface area contributed by atoms with Crippen molar-refractivity contribution in [1.29, 1.82) is 0 Å². The van der Waals surface area contributed by atoms with Crippen LogP contribution in [0, 0.1) is 0 Å². The van der Waals surface area contributed by atoms with Gasteiger partial charge in [-0.1, -0.05) is 24.3 Å². The number of likely N-dealkylation sites (tertiary alicyclic amines) is 1. The summed E-state index contributed by atoms with van der Waals surface area (Å²) in [7, 11) is 0. The van der Waals surface area contributed by atoms with E-state index < -0.39 is 0 Å². The number of benzene rings is 2. The van der Waals surface area contributed by atoms with E-state index in [4.69, 9.17) is 5.73 Å². The Morgan fingerprint density at radius 2 is 1.88 bits per heavy atom. The van der Waals surface area contributed by atoms with E-state index in [1.54, 1.807) is 6.07 Å². The maximum Gasteiger partial charge on any atom is 0.253 e. The van der Waals surface area contributed by atoms with E-state index in [0.717, 1.165) is 18.4 Å². The van der Waals surface area contributed by atoms with Crippen molar-refractivity contribution in [2.75, 3.05) is 13.1 Å². The van der Waals surface area contributed by atoms with Crippen molar-refractivity contribution < 1.29 is 14.7 Å². The minimum absolute atomic E-state index is 0.107. The third-order valence-electron chi connectivity index (χ3n) is 5.06. The summed E-state index contributed by atoms with van der Waals surface area (Å²) in [5, 5.41) is 9.95. The van der Waals surface area contributed by atoms with Gasteiger partial charge in [0.25, 0.3) is 5.91 Å². The van der Waals surface area contributed by atoms with Gasteiger partial charge in [0.05, 0.1) is 5.56 Å². The lowest BCUT2D eigenvalue weighted by Gasteiger charge is -2.32. The van der Waals surface area contributed by atoms with Crippen LogP contribution in [-0.2, 0) is 6.54 Å². The van der Waals surface area contributed by atoms with Gasteiger partial charge in [-0.15, -0.1) is 0 Å². The van der Waals surface area contributed by atoms with Crippen LogP contribution in [0.1, 0.15) is 57.5 Å². The molecule has 2 aromatic rings. The molecule has 26 heavy (non-hydrogen) atoms. The molecular weight excluding hydrogens is 328 g/mol. The largest absolute Gasteiger partial charge is 0.507 e. The molecule has 0 aliphatic carbocycles. The van der Waals surface area contributed by atoms with Gasteiger partial charge in [0.1, 0.15) is 5.75 Å². The van der Waals surface area contributed by atoms with E-state index in [-0.39, 0.29) is 23.0 Å². The van der Waals surface area contributed by atoms with Crippen LogP contribution >= 0.6 is 0 Å². The molecule has 136 valence electrons. The molecule has 1 amide bonds. The predicted octanol–water partition coefficient (Wildman–Crippen LogP) is 3.07. The lowest BCUT2D eigenvalue weighted by Crippen LogP contribution is -2.37. The predicted molar refractivity (Wildman–Crippen MR) is 100 cm³/mol. The number of amides is 1. The molecule has 3 N–H and O–H groups in total. The fourth-order valence-electron chi connectivity index (χ4n) is 3.53. The highest BCUT2D eigenvalue weighted by atomic mass is 16.3. The van der Waals surface area contributed by atoms with Gasteiger partial charge in [0.15, 0.2) is 5.78 Å². The SMILES string of the molecule is CC(=O)c1ccc(C(=O)N2CCC(c3cccc(CN)c3)CC2)cc1O. The van der Waals surface area contributed by atoms with Gasteiger partial charge in [-0.25, -0.2) is 0 Å². The number of nitrogens with zero attached hydrogens (tertiary/aromatic N) is 1. The fraction of sp³-hybridized carbons (Fsp3) is 0.333. The van der Waals surface area contributed by atoms with Crippen molar-refractivity contribution in [3.05, 3.63) is 64.7 Å². The van der Waals surface area contributed by atoms with E-state index in [1.165, 1.54) is 24.6 Å². The number of carbonyl (C=O) groups is 2. The van der Waals surface area contributed by atoms with Crippen LogP contribution in [0.3, 0.4) is 0 Å². The molecular formula is C21H24N2O3. The monoisotopic (exact) mass is 352 g/mol. The number of ketones is 1. The Labute approximate surface area is 153 Å². The summed E-state index contributed by atoms with van der Waals surface area (Å²) in [6, 6.07) is 12.8. The van der Waals surface area contributed by atoms with Crippen molar-refractivity contribution in [2.24, 2.45) is 5.73 Å². The molecule has 0 saturated carbocycles. The van der Waals surface area contributed by atoms with Gasteiger partial charge in [-0.3, -0.25) is 9.59 Å². The minimum Gasteiger partial charge on any atom is -0.507 e. The number of phenols is 1. The van der Waals surface area contributed by atoms with Gasteiger partial charge in [-0.05, 0) is 55.0 Å². The van der Waals surface area contributed by atoms with E-state index in [9.17, 15) is 14.7 Å². The Kier molecular flexibility index (Phi) is 5.38. The maximum atomic E-state index is 12.7. The standard InChI is InChI=1S/C21H24N2O3/c1-14(24)19-6-5-18(12-20(19)25)21(26)23-9-7-16(8-10-23)17-4-2-3-15(11-17)13-22/h2-6,11-12,16,25H,7-10,13,22H2,1H3. The van der Waals surface area contributed by atoms with E-state index >= 15 is 0 Å². The molecule has 1 aliphatic rings. The molecule has 0 aromatic heterocycles. The summed E-state index contributed by atoms with van der Waals surface area (Å²) in [5.74, 6) is -0.0394. The minimum atomic E-state index is -0.220. The fourth-order valence-corrected chi connectivity index (χ4v) is 3.53. The smallest absolute Gasteiger partial charge is 0.253 e. The molecule has 0 atom stereocenters. The van der Waals surface area contributed by atoms with Crippen molar-refractivity contribution in [1.82, 2.24) is 4.90 Å². The average molecular weight is 352 g/mol. The Morgan fingerprint density at radius 1 is 1.15 bits per heavy atom. The number of carbonyl (C=O) groups excluding carboxylic acids is 2. The van der Waals surface area contributed by atoms with Gasteiger partial charge < -0.3 is 15.7 Å². The molecule has 0 radical (unpaired) electrons. The van der Waals surface area contributed by atoms with Crippen LogP contribution in [0.4, 0.5) is 0 Å². The van der Waals surface area contributed by atoms with Crippen molar-refractivity contribution in [3.8, 4) is 5.75 Å². The highest BCUT2D eigenvalue weighted by Crippen LogP contribution is 2.29. The molecule has 2 aromatic carbocycles. The van der Waals surface area contributed by atoms with Crippen LogP contribution in [-0.4, -0.2) is 34.8 Å². The topological polar surface area (TPSA) is 83.6 Å². The van der Waals surface area contributed by atoms with Gasteiger partial charge >= 0.3 is 0 Å².